The van der Waals surface area contributed by atoms with E-state index in [9.17, 15) is 26.7 Å². The van der Waals surface area contributed by atoms with Gasteiger partial charge in [0.25, 0.3) is 0 Å². The molecule has 1 aliphatic heterocycles. The van der Waals surface area contributed by atoms with Gasteiger partial charge >= 0.3 is 12.1 Å². The highest BCUT2D eigenvalue weighted by Gasteiger charge is 2.38. The van der Waals surface area contributed by atoms with Crippen molar-refractivity contribution >= 4 is 56.1 Å². The monoisotopic (exact) mass is 674 g/mol. The van der Waals surface area contributed by atoms with Crippen LogP contribution in [0.1, 0.15) is 24.4 Å². The second-order valence-corrected chi connectivity index (χ2v) is 14.1. The van der Waals surface area contributed by atoms with Crippen molar-refractivity contribution in [1.29, 1.82) is 0 Å². The summed E-state index contributed by atoms with van der Waals surface area (Å²) in [5.74, 6) is -1.79. The number of aliphatic hydroxyl groups is 1. The maximum absolute atomic E-state index is 13.9. The first kappa shape index (κ1) is 34.3. The Labute approximate surface area is 263 Å². The Hall–Kier alpha value is -2.62. The van der Waals surface area contributed by atoms with Gasteiger partial charge in [0, 0.05) is 48.4 Å². The number of fused-ring (bicyclic) bond motifs is 1. The Kier molecular flexibility index (Phi) is 11.4. The zero-order valence-electron chi connectivity index (χ0n) is 23.9. The summed E-state index contributed by atoms with van der Waals surface area (Å²) in [7, 11) is -3.76. The van der Waals surface area contributed by atoms with Crippen LogP contribution in [0, 0.1) is 5.92 Å². The minimum Gasteiger partial charge on any atom is -0.475 e. The zero-order chi connectivity index (χ0) is 32.1. The minimum absolute atomic E-state index is 0.0460. The number of aliphatic carboxylic acids is 1. The topological polar surface area (TPSA) is 123 Å². The lowest BCUT2D eigenvalue weighted by Crippen LogP contribution is -2.50. The van der Waals surface area contributed by atoms with Crippen LogP contribution in [0.4, 0.5) is 19.0 Å². The van der Waals surface area contributed by atoms with Gasteiger partial charge in [-0.25, -0.2) is 18.2 Å². The Morgan fingerprint density at radius 2 is 1.73 bits per heavy atom. The molecule has 0 spiro atoms. The first-order valence-corrected chi connectivity index (χ1v) is 17.0. The molecule has 1 saturated heterocycles. The number of carboxylic acid groups (broad SMARTS) is 1. The number of nitrogens with one attached hydrogen (secondary N) is 1. The molecular weight excluding hydrogens is 641 g/mol. The second-order valence-electron chi connectivity index (χ2n) is 10.6. The summed E-state index contributed by atoms with van der Waals surface area (Å²) in [4.78, 5) is 16.0. The molecule has 0 radical (unpaired) electrons. The number of hydrogen-bond acceptors (Lipinski definition) is 8. The summed E-state index contributed by atoms with van der Waals surface area (Å²) >= 11 is 7.92. The van der Waals surface area contributed by atoms with Gasteiger partial charge < -0.3 is 15.5 Å². The summed E-state index contributed by atoms with van der Waals surface area (Å²) in [6.07, 6.45) is -0.654. The molecule has 240 valence electrons. The van der Waals surface area contributed by atoms with E-state index < -0.39 is 22.2 Å². The number of sulfonamides is 1. The number of nitrogens with zero attached hydrogens (tertiary/aromatic N) is 3. The van der Waals surface area contributed by atoms with E-state index in [0.29, 0.717) is 48.2 Å². The lowest BCUT2D eigenvalue weighted by molar-refractivity contribution is -0.192. The number of thioether (sulfide) groups is 1. The molecule has 44 heavy (non-hydrogen) atoms. The number of benzene rings is 2. The highest BCUT2D eigenvalue weighted by molar-refractivity contribution is 7.99. The van der Waals surface area contributed by atoms with E-state index in [1.165, 1.54) is 0 Å². The van der Waals surface area contributed by atoms with Crippen LogP contribution in [0.3, 0.4) is 0 Å². The first-order valence-electron chi connectivity index (χ1n) is 13.9. The maximum Gasteiger partial charge on any atom is 0.490 e. The molecule has 1 unspecified atom stereocenters. The smallest absolute Gasteiger partial charge is 0.475 e. The third kappa shape index (κ3) is 8.34. The molecule has 2 aromatic carbocycles. The number of pyridine rings is 1. The fourth-order valence-corrected chi connectivity index (χ4v) is 7.82. The number of carboxylic acids is 1. The molecule has 1 aromatic heterocycles. The number of aromatic nitrogens is 1. The average molecular weight is 675 g/mol. The fourth-order valence-electron chi connectivity index (χ4n) is 5.21. The predicted molar refractivity (Wildman–Crippen MR) is 166 cm³/mol. The Morgan fingerprint density at radius 1 is 1.11 bits per heavy atom. The average Bonchev–Trinajstić information content (AvgIpc) is 2.97. The van der Waals surface area contributed by atoms with Crippen molar-refractivity contribution < 1.29 is 36.6 Å². The van der Waals surface area contributed by atoms with E-state index in [0.717, 1.165) is 35.9 Å². The van der Waals surface area contributed by atoms with Crippen LogP contribution in [0.2, 0.25) is 5.02 Å². The van der Waals surface area contributed by atoms with Crippen molar-refractivity contribution in [2.75, 3.05) is 50.9 Å². The largest absolute Gasteiger partial charge is 0.490 e. The lowest BCUT2D eigenvalue weighted by atomic mass is 9.85. The Bertz CT molecular complexity index is 1530. The van der Waals surface area contributed by atoms with Gasteiger partial charge in [0.05, 0.1) is 18.2 Å². The molecule has 2 aliphatic rings. The van der Waals surface area contributed by atoms with Gasteiger partial charge in [-0.1, -0.05) is 41.9 Å². The lowest BCUT2D eigenvalue weighted by Gasteiger charge is -2.38. The summed E-state index contributed by atoms with van der Waals surface area (Å²) in [6.45, 7) is 2.41. The Balaban J connectivity index is 0.000000566. The minimum atomic E-state index is -5.08. The molecule has 9 nitrogen and oxygen atoms in total. The van der Waals surface area contributed by atoms with Crippen LogP contribution in [0.25, 0.3) is 10.9 Å². The van der Waals surface area contributed by atoms with Gasteiger partial charge in [0.1, 0.15) is 10.7 Å². The van der Waals surface area contributed by atoms with Crippen LogP contribution >= 0.6 is 23.4 Å². The summed E-state index contributed by atoms with van der Waals surface area (Å²) in [5, 5.41) is 22.7. The SMILES string of the molecule is CSC1CC(CNc2nc3ccccc3cc2S(=O)(=O)N2CCN(C(CO)c3ccc(Cl)cc3)CC2)C1.O=C(O)C(F)(F)F. The normalized spacial score (nSPS) is 20.3. The van der Waals surface area contributed by atoms with Crippen LogP contribution in [0.15, 0.2) is 59.5 Å². The number of hydrogen-bond donors (Lipinski definition) is 3. The standard InChI is InChI=1S/C27H33ClN4O3S2.C2HF3O2/c1-36-23-14-19(15-23)17-29-27-26(16-21-4-2-3-5-24(21)30-27)37(34,35)32-12-10-31(11-13-32)25(18-33)20-6-8-22(28)9-7-20;3-2(4,5)1(6)7/h2-9,16,19,23,25,33H,10-15,17-18H2,1H3,(H,29,30);(H,6,7). The summed E-state index contributed by atoms with van der Waals surface area (Å²) in [6, 6.07) is 16.6. The fraction of sp³-hybridized carbons (Fsp3) is 0.448. The molecule has 1 aliphatic carbocycles. The number of rotatable bonds is 9. The van der Waals surface area contributed by atoms with Gasteiger partial charge in [-0.3, -0.25) is 4.90 Å². The third-order valence-electron chi connectivity index (χ3n) is 7.78. The van der Waals surface area contributed by atoms with Crippen molar-refractivity contribution in [2.24, 2.45) is 5.92 Å². The van der Waals surface area contributed by atoms with Gasteiger partial charge in [-0.2, -0.15) is 29.2 Å². The molecule has 1 saturated carbocycles. The van der Waals surface area contributed by atoms with E-state index in [1.54, 1.807) is 10.4 Å². The number of alkyl halides is 3. The predicted octanol–water partition coefficient (Wildman–Crippen LogP) is 5.11. The highest BCUT2D eigenvalue weighted by Crippen LogP contribution is 2.36. The third-order valence-corrected chi connectivity index (χ3v) is 11.0. The number of piperazine rings is 1. The quantitative estimate of drug-likeness (QED) is 0.284. The second kappa shape index (κ2) is 14.6. The van der Waals surface area contributed by atoms with Crippen molar-refractivity contribution in [3.8, 4) is 0 Å². The van der Waals surface area contributed by atoms with Crippen LogP contribution in [-0.2, 0) is 14.8 Å². The Morgan fingerprint density at radius 3 is 2.30 bits per heavy atom. The van der Waals surface area contributed by atoms with Gasteiger partial charge in [0.15, 0.2) is 0 Å². The van der Waals surface area contributed by atoms with Crippen molar-refractivity contribution in [1.82, 2.24) is 14.2 Å². The van der Waals surface area contributed by atoms with Crippen LogP contribution < -0.4 is 5.32 Å². The molecular formula is C29H34ClF3N4O5S2. The first-order chi connectivity index (χ1) is 20.8. The summed E-state index contributed by atoms with van der Waals surface area (Å²) in [5.41, 5.74) is 1.74. The highest BCUT2D eigenvalue weighted by atomic mass is 35.5. The number of anilines is 1. The van der Waals surface area contributed by atoms with Crippen molar-refractivity contribution in [3.63, 3.8) is 0 Å². The molecule has 0 bridgehead atoms. The van der Waals surface area contributed by atoms with Gasteiger partial charge in [-0.15, -0.1) is 0 Å². The molecule has 2 heterocycles. The molecule has 5 rings (SSSR count). The van der Waals surface area contributed by atoms with E-state index in [1.807, 2.05) is 60.3 Å². The van der Waals surface area contributed by atoms with Crippen molar-refractivity contribution in [3.05, 3.63) is 65.2 Å². The van der Waals surface area contributed by atoms with Crippen LogP contribution in [-0.4, -0.2) is 95.8 Å². The van der Waals surface area contributed by atoms with E-state index in [-0.39, 0.29) is 17.5 Å². The van der Waals surface area contributed by atoms with Gasteiger partial charge in [-0.05, 0) is 54.8 Å². The number of para-hydroxylation sites is 1. The summed E-state index contributed by atoms with van der Waals surface area (Å²) < 4.78 is 61.1. The maximum atomic E-state index is 13.9. The number of aliphatic hydroxyl groups excluding tert-OH is 1. The number of carbonyl (C=O) groups is 1. The zero-order valence-corrected chi connectivity index (χ0v) is 26.3. The van der Waals surface area contributed by atoms with E-state index in [4.69, 9.17) is 26.5 Å². The van der Waals surface area contributed by atoms with Gasteiger partial charge in [0.2, 0.25) is 10.0 Å². The molecule has 1 atom stereocenters. The molecule has 15 heteroatoms. The molecule has 2 fully saturated rings. The molecule has 0 amide bonds. The van der Waals surface area contributed by atoms with E-state index in [2.05, 4.69) is 16.5 Å². The van der Waals surface area contributed by atoms with Crippen molar-refractivity contribution in [2.45, 2.75) is 35.2 Å². The molecule has 3 aromatic rings. The molecule has 3 N–H and O–H groups in total. The van der Waals surface area contributed by atoms with Crippen LogP contribution in [0.5, 0.6) is 0 Å². The van der Waals surface area contributed by atoms with E-state index >= 15 is 0 Å². The number of halogens is 4.